The Labute approximate surface area is 170 Å². The third-order valence-corrected chi connectivity index (χ3v) is 5.42. The number of ether oxygens (including phenoxy) is 2. The van der Waals surface area contributed by atoms with Crippen molar-refractivity contribution in [1.29, 1.82) is 0 Å². The Kier molecular flexibility index (Phi) is 5.97. The standard InChI is InChI=1S/C22H26FN3O3/c1-2-26(19-6-4-18(23)5-7-19)22(27)15-25-11-9-24(10-12-25)14-17-3-8-20-21(13-17)29-16-28-20/h3-8,13H,2,9-12,14-16H2,1H3. The van der Waals surface area contributed by atoms with Crippen LogP contribution in [0.3, 0.4) is 0 Å². The minimum absolute atomic E-state index is 0.0447. The van der Waals surface area contributed by atoms with Crippen LogP contribution in [-0.4, -0.2) is 61.8 Å². The van der Waals surface area contributed by atoms with E-state index >= 15 is 0 Å². The predicted molar refractivity (Wildman–Crippen MR) is 109 cm³/mol. The summed E-state index contributed by atoms with van der Waals surface area (Å²) in [5.74, 6) is 1.37. The predicted octanol–water partition coefficient (Wildman–Crippen LogP) is 2.73. The molecule has 0 radical (unpaired) electrons. The quantitative estimate of drug-likeness (QED) is 0.748. The number of amides is 1. The van der Waals surface area contributed by atoms with Gasteiger partial charge in [0.2, 0.25) is 12.7 Å². The van der Waals surface area contributed by atoms with Crippen molar-refractivity contribution in [2.24, 2.45) is 0 Å². The number of piperazine rings is 1. The number of likely N-dealkylation sites (N-methyl/N-ethyl adjacent to an activating group) is 1. The van der Waals surface area contributed by atoms with Crippen LogP contribution in [0.2, 0.25) is 0 Å². The number of nitrogens with zero attached hydrogens (tertiary/aromatic N) is 3. The molecule has 0 spiro atoms. The number of benzene rings is 2. The lowest BCUT2D eigenvalue weighted by molar-refractivity contribution is -0.120. The van der Waals surface area contributed by atoms with Gasteiger partial charge in [0, 0.05) is 45.0 Å². The first kappa shape index (κ1) is 19.7. The van der Waals surface area contributed by atoms with Crippen LogP contribution in [0.25, 0.3) is 0 Å². The molecule has 2 heterocycles. The zero-order valence-corrected chi connectivity index (χ0v) is 16.6. The Morgan fingerprint density at radius 2 is 1.69 bits per heavy atom. The molecule has 2 aliphatic heterocycles. The van der Waals surface area contributed by atoms with Crippen molar-refractivity contribution >= 4 is 11.6 Å². The normalized spacial score (nSPS) is 16.8. The molecule has 0 atom stereocenters. The maximum absolute atomic E-state index is 13.2. The number of halogens is 1. The van der Waals surface area contributed by atoms with Crippen molar-refractivity contribution in [3.05, 3.63) is 53.8 Å². The van der Waals surface area contributed by atoms with Crippen LogP contribution in [0.15, 0.2) is 42.5 Å². The lowest BCUT2D eigenvalue weighted by atomic mass is 10.1. The Hall–Kier alpha value is -2.64. The van der Waals surface area contributed by atoms with Gasteiger partial charge in [0.1, 0.15) is 5.82 Å². The molecule has 154 valence electrons. The summed E-state index contributed by atoms with van der Waals surface area (Å²) in [5, 5.41) is 0. The first-order valence-corrected chi connectivity index (χ1v) is 10.0. The molecule has 1 amide bonds. The molecule has 0 saturated carbocycles. The van der Waals surface area contributed by atoms with Crippen molar-refractivity contribution in [1.82, 2.24) is 9.80 Å². The number of rotatable bonds is 6. The third-order valence-electron chi connectivity index (χ3n) is 5.42. The molecule has 0 N–H and O–H groups in total. The summed E-state index contributed by atoms with van der Waals surface area (Å²) >= 11 is 0. The van der Waals surface area contributed by atoms with Gasteiger partial charge in [-0.05, 0) is 48.9 Å². The summed E-state index contributed by atoms with van der Waals surface area (Å²) in [6.45, 7) is 7.53. The maximum atomic E-state index is 13.2. The molecule has 4 rings (SSSR count). The molecule has 2 aromatic rings. The number of fused-ring (bicyclic) bond motifs is 1. The monoisotopic (exact) mass is 399 g/mol. The van der Waals surface area contributed by atoms with Gasteiger partial charge in [-0.1, -0.05) is 6.07 Å². The molecular formula is C22H26FN3O3. The van der Waals surface area contributed by atoms with E-state index in [-0.39, 0.29) is 18.5 Å². The highest BCUT2D eigenvalue weighted by atomic mass is 19.1. The fourth-order valence-electron chi connectivity index (χ4n) is 3.80. The van der Waals surface area contributed by atoms with E-state index in [1.807, 2.05) is 19.1 Å². The van der Waals surface area contributed by atoms with E-state index in [1.54, 1.807) is 17.0 Å². The molecule has 7 heteroatoms. The molecule has 1 fully saturated rings. The van der Waals surface area contributed by atoms with Gasteiger partial charge in [0.25, 0.3) is 0 Å². The molecule has 1 saturated heterocycles. The second kappa shape index (κ2) is 8.80. The lowest BCUT2D eigenvalue weighted by Crippen LogP contribution is -2.49. The van der Waals surface area contributed by atoms with Crippen LogP contribution in [0.5, 0.6) is 11.5 Å². The minimum atomic E-state index is -0.296. The molecule has 0 aromatic heterocycles. The van der Waals surface area contributed by atoms with Gasteiger partial charge in [-0.15, -0.1) is 0 Å². The van der Waals surface area contributed by atoms with Crippen LogP contribution in [-0.2, 0) is 11.3 Å². The highest BCUT2D eigenvalue weighted by molar-refractivity contribution is 5.94. The van der Waals surface area contributed by atoms with Crippen molar-refractivity contribution in [2.45, 2.75) is 13.5 Å². The zero-order chi connectivity index (χ0) is 20.2. The second-order valence-corrected chi connectivity index (χ2v) is 7.35. The Bertz CT molecular complexity index is 851. The Morgan fingerprint density at radius 3 is 2.41 bits per heavy atom. The molecule has 2 aromatic carbocycles. The Morgan fingerprint density at radius 1 is 1.00 bits per heavy atom. The molecule has 0 aliphatic carbocycles. The van der Waals surface area contributed by atoms with Gasteiger partial charge in [0.05, 0.1) is 6.54 Å². The summed E-state index contributed by atoms with van der Waals surface area (Å²) in [4.78, 5) is 19.0. The molecule has 6 nitrogen and oxygen atoms in total. The van der Waals surface area contributed by atoms with E-state index < -0.39 is 0 Å². The van der Waals surface area contributed by atoms with Crippen LogP contribution in [0.4, 0.5) is 10.1 Å². The number of carbonyl (C=O) groups is 1. The highest BCUT2D eigenvalue weighted by Gasteiger charge is 2.22. The summed E-state index contributed by atoms with van der Waals surface area (Å²) in [7, 11) is 0. The molecule has 0 bridgehead atoms. The first-order valence-electron chi connectivity index (χ1n) is 10.0. The van der Waals surface area contributed by atoms with Gasteiger partial charge < -0.3 is 14.4 Å². The van der Waals surface area contributed by atoms with E-state index in [0.717, 1.165) is 49.9 Å². The summed E-state index contributed by atoms with van der Waals surface area (Å²) < 4.78 is 24.0. The van der Waals surface area contributed by atoms with Crippen molar-refractivity contribution in [3.63, 3.8) is 0 Å². The van der Waals surface area contributed by atoms with E-state index in [4.69, 9.17) is 9.47 Å². The fourth-order valence-corrected chi connectivity index (χ4v) is 3.80. The zero-order valence-electron chi connectivity index (χ0n) is 16.6. The summed E-state index contributed by atoms with van der Waals surface area (Å²) in [5.41, 5.74) is 1.94. The highest BCUT2D eigenvalue weighted by Crippen LogP contribution is 2.32. The topological polar surface area (TPSA) is 45.3 Å². The molecular weight excluding hydrogens is 373 g/mol. The molecule has 29 heavy (non-hydrogen) atoms. The van der Waals surface area contributed by atoms with Gasteiger partial charge in [-0.2, -0.15) is 0 Å². The number of hydrogen-bond donors (Lipinski definition) is 0. The smallest absolute Gasteiger partial charge is 0.241 e. The maximum Gasteiger partial charge on any atom is 0.241 e. The minimum Gasteiger partial charge on any atom is -0.454 e. The number of anilines is 1. The van der Waals surface area contributed by atoms with Crippen LogP contribution in [0.1, 0.15) is 12.5 Å². The summed E-state index contributed by atoms with van der Waals surface area (Å²) in [6.07, 6.45) is 0. The van der Waals surface area contributed by atoms with Crippen molar-refractivity contribution in [3.8, 4) is 11.5 Å². The largest absolute Gasteiger partial charge is 0.454 e. The first-order chi connectivity index (χ1) is 14.1. The van der Waals surface area contributed by atoms with Gasteiger partial charge in [-0.3, -0.25) is 14.6 Å². The number of carbonyl (C=O) groups excluding carboxylic acids is 1. The van der Waals surface area contributed by atoms with Crippen molar-refractivity contribution in [2.75, 3.05) is 51.0 Å². The van der Waals surface area contributed by atoms with E-state index in [1.165, 1.54) is 17.7 Å². The molecule has 0 unspecified atom stereocenters. The average Bonchev–Trinajstić information content (AvgIpc) is 3.19. The molecule has 2 aliphatic rings. The van der Waals surface area contributed by atoms with Crippen LogP contribution >= 0.6 is 0 Å². The van der Waals surface area contributed by atoms with Crippen molar-refractivity contribution < 1.29 is 18.7 Å². The fraction of sp³-hybridized carbons (Fsp3) is 0.409. The van der Waals surface area contributed by atoms with E-state index in [0.29, 0.717) is 13.1 Å². The lowest BCUT2D eigenvalue weighted by Gasteiger charge is -2.35. The number of hydrogen-bond acceptors (Lipinski definition) is 5. The van der Waals surface area contributed by atoms with E-state index in [9.17, 15) is 9.18 Å². The van der Waals surface area contributed by atoms with Gasteiger partial charge in [-0.25, -0.2) is 4.39 Å². The summed E-state index contributed by atoms with van der Waals surface area (Å²) in [6, 6.07) is 12.2. The average molecular weight is 399 g/mol. The van der Waals surface area contributed by atoms with Crippen LogP contribution in [0, 0.1) is 5.82 Å². The second-order valence-electron chi connectivity index (χ2n) is 7.35. The third kappa shape index (κ3) is 4.68. The van der Waals surface area contributed by atoms with Gasteiger partial charge >= 0.3 is 0 Å². The Balaban J connectivity index is 1.28. The SMILES string of the molecule is CCN(C(=O)CN1CCN(Cc2ccc3c(c2)OCO3)CC1)c1ccc(F)cc1. The van der Waals surface area contributed by atoms with Gasteiger partial charge in [0.15, 0.2) is 11.5 Å². The van der Waals surface area contributed by atoms with E-state index in [2.05, 4.69) is 15.9 Å². The van der Waals surface area contributed by atoms with Crippen LogP contribution < -0.4 is 14.4 Å².